The van der Waals surface area contributed by atoms with Crippen LogP contribution < -0.4 is 4.90 Å². The third-order valence-electron chi connectivity index (χ3n) is 4.78. The van der Waals surface area contributed by atoms with Gasteiger partial charge in [0.2, 0.25) is 0 Å². The number of aromatic amines is 1. The average molecular weight is 469 g/mol. The summed E-state index contributed by atoms with van der Waals surface area (Å²) in [6.45, 7) is 0.836. The largest absolute Gasteiger partial charge is 0.418 e. The lowest BCUT2D eigenvalue weighted by Crippen LogP contribution is -2.36. The van der Waals surface area contributed by atoms with Gasteiger partial charge in [0, 0.05) is 30.2 Å². The molecule has 0 aliphatic heterocycles. The molecule has 0 atom stereocenters. The number of likely N-dealkylation sites (N-methyl/N-ethyl adjacent to an activating group) is 1. The van der Waals surface area contributed by atoms with Gasteiger partial charge in [-0.05, 0) is 32.3 Å². The van der Waals surface area contributed by atoms with Gasteiger partial charge < -0.3 is 9.88 Å². The monoisotopic (exact) mass is 468 g/mol. The highest BCUT2D eigenvalue weighted by molar-refractivity contribution is 7.22. The first-order chi connectivity index (χ1) is 14.3. The fraction of sp³-hybridized carbons (Fsp3) is 0.238. The lowest BCUT2D eigenvalue weighted by atomic mass is 10.1. The number of anilines is 1. The van der Waals surface area contributed by atoms with Crippen LogP contribution in [0, 0.1) is 0 Å². The number of halogens is 4. The second-order valence-corrected chi connectivity index (χ2v) is 8.16. The Hall–Kier alpha value is -2.62. The van der Waals surface area contributed by atoms with E-state index in [2.05, 4.69) is 9.97 Å². The molecule has 5 nitrogen and oxygen atoms in total. The zero-order valence-corrected chi connectivity index (χ0v) is 18.4. The van der Waals surface area contributed by atoms with Crippen molar-refractivity contribution in [1.82, 2.24) is 14.9 Å². The zero-order chi connectivity index (χ0) is 21.5. The number of benzene rings is 2. The van der Waals surface area contributed by atoms with Gasteiger partial charge in [0.25, 0.3) is 5.91 Å². The van der Waals surface area contributed by atoms with Crippen LogP contribution in [0.5, 0.6) is 0 Å². The maximum Gasteiger partial charge on any atom is 0.418 e. The molecule has 0 aliphatic carbocycles. The molecular formula is C21H20ClF3N4OS. The van der Waals surface area contributed by atoms with E-state index in [1.54, 1.807) is 12.3 Å². The summed E-state index contributed by atoms with van der Waals surface area (Å²) in [4.78, 5) is 24.1. The van der Waals surface area contributed by atoms with E-state index >= 15 is 0 Å². The lowest BCUT2D eigenvalue weighted by Gasteiger charge is -2.21. The molecule has 1 N–H and O–H groups in total. The summed E-state index contributed by atoms with van der Waals surface area (Å²) in [5.41, 5.74) is 0.345. The van der Waals surface area contributed by atoms with Crippen LogP contribution in [0.25, 0.3) is 21.1 Å². The first-order valence-electron chi connectivity index (χ1n) is 9.25. The van der Waals surface area contributed by atoms with E-state index in [0.29, 0.717) is 23.4 Å². The molecule has 164 valence electrons. The Morgan fingerprint density at radius 2 is 1.84 bits per heavy atom. The smallest absolute Gasteiger partial charge is 0.360 e. The minimum absolute atomic E-state index is 0. The normalized spacial score (nSPS) is 11.8. The molecule has 2 aromatic carbocycles. The van der Waals surface area contributed by atoms with Gasteiger partial charge in [-0.15, -0.1) is 12.4 Å². The van der Waals surface area contributed by atoms with Crippen molar-refractivity contribution < 1.29 is 18.0 Å². The molecule has 4 aromatic rings. The van der Waals surface area contributed by atoms with E-state index in [4.69, 9.17) is 0 Å². The molecular weight excluding hydrogens is 449 g/mol. The first-order valence-corrected chi connectivity index (χ1v) is 10.1. The molecule has 31 heavy (non-hydrogen) atoms. The van der Waals surface area contributed by atoms with Gasteiger partial charge in [-0.1, -0.05) is 35.6 Å². The molecule has 0 spiro atoms. The van der Waals surface area contributed by atoms with E-state index in [1.165, 1.54) is 11.0 Å². The fourth-order valence-electron chi connectivity index (χ4n) is 3.26. The second-order valence-electron chi connectivity index (χ2n) is 7.15. The molecule has 0 saturated heterocycles. The minimum Gasteiger partial charge on any atom is -0.360 e. The standard InChI is InChI=1S/C21H19F3N4OS.ClH/c1-27(2)10-11-28(19(29)14-12-25-16-8-4-3-6-13(14)16)20-26-18-15(21(22,23)24)7-5-9-17(18)30-20;/h3-9,12,25H,10-11H2,1-2H3;1H. The molecule has 0 fully saturated rings. The van der Waals surface area contributed by atoms with Crippen LogP contribution in [0.15, 0.2) is 48.7 Å². The number of H-pyrrole nitrogens is 1. The maximum absolute atomic E-state index is 13.4. The Morgan fingerprint density at radius 1 is 1.10 bits per heavy atom. The number of aromatic nitrogens is 2. The topological polar surface area (TPSA) is 52.2 Å². The summed E-state index contributed by atoms with van der Waals surface area (Å²) in [5, 5.41) is 1.01. The Bertz CT molecular complexity index is 1220. The number of fused-ring (bicyclic) bond motifs is 2. The third kappa shape index (κ3) is 4.53. The van der Waals surface area contributed by atoms with Crippen molar-refractivity contribution >= 4 is 55.9 Å². The van der Waals surface area contributed by atoms with E-state index in [1.807, 2.05) is 43.3 Å². The number of hydrogen-bond donors (Lipinski definition) is 1. The average Bonchev–Trinajstić information content (AvgIpc) is 3.30. The number of hydrogen-bond acceptors (Lipinski definition) is 4. The zero-order valence-electron chi connectivity index (χ0n) is 16.7. The predicted octanol–water partition coefficient (Wildman–Crippen LogP) is 5.43. The maximum atomic E-state index is 13.4. The highest BCUT2D eigenvalue weighted by Gasteiger charge is 2.34. The summed E-state index contributed by atoms with van der Waals surface area (Å²) in [5.74, 6) is -0.304. The number of rotatable bonds is 5. The van der Waals surface area contributed by atoms with Crippen LogP contribution in [0.1, 0.15) is 15.9 Å². The van der Waals surface area contributed by atoms with Crippen LogP contribution in [-0.4, -0.2) is 48.0 Å². The van der Waals surface area contributed by atoms with Gasteiger partial charge in [-0.2, -0.15) is 13.2 Å². The number of alkyl halides is 3. The number of nitrogens with one attached hydrogen (secondary N) is 1. The van der Waals surface area contributed by atoms with Crippen molar-refractivity contribution in [2.45, 2.75) is 6.18 Å². The molecule has 2 heterocycles. The Labute approximate surface area is 186 Å². The molecule has 1 amide bonds. The van der Waals surface area contributed by atoms with Crippen molar-refractivity contribution in [1.29, 1.82) is 0 Å². The van der Waals surface area contributed by atoms with Crippen LogP contribution in [0.3, 0.4) is 0 Å². The predicted molar refractivity (Wildman–Crippen MR) is 120 cm³/mol. The van der Waals surface area contributed by atoms with Gasteiger partial charge >= 0.3 is 6.18 Å². The Morgan fingerprint density at radius 3 is 2.55 bits per heavy atom. The van der Waals surface area contributed by atoms with Crippen molar-refractivity contribution in [2.75, 3.05) is 32.1 Å². The molecule has 0 radical (unpaired) electrons. The molecule has 0 aliphatic rings. The van der Waals surface area contributed by atoms with E-state index in [-0.39, 0.29) is 29.0 Å². The summed E-state index contributed by atoms with van der Waals surface area (Å²) in [6, 6.07) is 11.4. The highest BCUT2D eigenvalue weighted by atomic mass is 35.5. The molecule has 0 unspecified atom stereocenters. The van der Waals surface area contributed by atoms with Gasteiger partial charge in [0.05, 0.1) is 21.3 Å². The molecule has 0 saturated carbocycles. The minimum atomic E-state index is -4.51. The fourth-order valence-corrected chi connectivity index (χ4v) is 4.28. The van der Waals surface area contributed by atoms with Crippen LogP contribution in [0.2, 0.25) is 0 Å². The molecule has 2 aromatic heterocycles. The number of nitrogens with zero attached hydrogens (tertiary/aromatic N) is 3. The number of carbonyl (C=O) groups excluding carboxylic acids is 1. The van der Waals surface area contributed by atoms with Crippen molar-refractivity contribution in [3.05, 3.63) is 59.8 Å². The van der Waals surface area contributed by atoms with E-state index in [0.717, 1.165) is 28.3 Å². The van der Waals surface area contributed by atoms with Gasteiger partial charge in [0.15, 0.2) is 5.13 Å². The van der Waals surface area contributed by atoms with Crippen LogP contribution in [-0.2, 0) is 6.18 Å². The van der Waals surface area contributed by atoms with Crippen LogP contribution in [0.4, 0.5) is 18.3 Å². The van der Waals surface area contributed by atoms with E-state index < -0.39 is 11.7 Å². The SMILES string of the molecule is CN(C)CCN(C(=O)c1c[nH]c2ccccc12)c1nc2c(C(F)(F)F)cccc2s1.Cl. The number of carbonyl (C=O) groups is 1. The summed E-state index contributed by atoms with van der Waals surface area (Å²) < 4.78 is 40.6. The summed E-state index contributed by atoms with van der Waals surface area (Å²) in [6.07, 6.45) is -2.88. The number of thiazole rings is 1. The number of para-hydroxylation sites is 2. The lowest BCUT2D eigenvalue weighted by molar-refractivity contribution is -0.136. The Kier molecular flexibility index (Phi) is 6.59. The second kappa shape index (κ2) is 8.86. The summed E-state index contributed by atoms with van der Waals surface area (Å²) >= 11 is 1.08. The van der Waals surface area contributed by atoms with E-state index in [9.17, 15) is 18.0 Å². The van der Waals surface area contributed by atoms with Gasteiger partial charge in [-0.25, -0.2) is 4.98 Å². The van der Waals surface area contributed by atoms with Crippen molar-refractivity contribution in [3.63, 3.8) is 0 Å². The van der Waals surface area contributed by atoms with Gasteiger partial charge in [-0.3, -0.25) is 9.69 Å². The quantitative estimate of drug-likeness (QED) is 0.425. The first kappa shape index (κ1) is 23.1. The highest BCUT2D eigenvalue weighted by Crippen LogP contribution is 2.38. The molecule has 0 bridgehead atoms. The van der Waals surface area contributed by atoms with Gasteiger partial charge in [0.1, 0.15) is 0 Å². The number of amides is 1. The molecule has 4 rings (SSSR count). The summed E-state index contributed by atoms with van der Waals surface area (Å²) in [7, 11) is 3.74. The molecule has 10 heteroatoms. The third-order valence-corrected chi connectivity index (χ3v) is 5.82. The van der Waals surface area contributed by atoms with Crippen molar-refractivity contribution in [3.8, 4) is 0 Å². The van der Waals surface area contributed by atoms with Crippen LogP contribution >= 0.6 is 23.7 Å². The van der Waals surface area contributed by atoms with Crippen molar-refractivity contribution in [2.24, 2.45) is 0 Å². The Balaban J connectivity index is 0.00000272.